The van der Waals surface area contributed by atoms with Crippen LogP contribution in [0.3, 0.4) is 0 Å². The third kappa shape index (κ3) is 5.69. The summed E-state index contributed by atoms with van der Waals surface area (Å²) in [6.45, 7) is 1.45. The Bertz CT molecular complexity index is 481. The summed E-state index contributed by atoms with van der Waals surface area (Å²) in [4.78, 5) is 6.59. The zero-order chi connectivity index (χ0) is 14.4. The summed E-state index contributed by atoms with van der Waals surface area (Å²) in [6.07, 6.45) is 1.09. The Labute approximate surface area is 111 Å². The Morgan fingerprint density at radius 1 is 1.39 bits per heavy atom. The van der Waals surface area contributed by atoms with Crippen molar-refractivity contribution >= 4 is 33.3 Å². The van der Waals surface area contributed by atoms with E-state index in [1.807, 2.05) is 0 Å². The molecule has 0 radical (unpaired) electrons. The van der Waals surface area contributed by atoms with E-state index in [1.54, 1.807) is 0 Å². The van der Waals surface area contributed by atoms with E-state index in [2.05, 4.69) is 14.2 Å². The first kappa shape index (κ1) is 17.2. The summed E-state index contributed by atoms with van der Waals surface area (Å²) < 4.78 is 60.2. The van der Waals surface area contributed by atoms with Gasteiger partial charge in [-0.15, -0.1) is 23.2 Å². The van der Waals surface area contributed by atoms with E-state index in [-0.39, 0.29) is 11.0 Å². The molecular weight excluding hydrogens is 320 g/mol. The zero-order valence-corrected chi connectivity index (χ0v) is 11.1. The maximum absolute atomic E-state index is 11.9. The van der Waals surface area contributed by atoms with Crippen molar-refractivity contribution in [2.75, 3.05) is 5.34 Å². The molecule has 5 nitrogen and oxygen atoms in total. The summed E-state index contributed by atoms with van der Waals surface area (Å²) in [5, 5.41) is 0.194. The van der Waals surface area contributed by atoms with E-state index in [4.69, 9.17) is 23.2 Å². The van der Waals surface area contributed by atoms with E-state index >= 15 is 0 Å². The van der Waals surface area contributed by atoms with E-state index < -0.39 is 21.6 Å². The van der Waals surface area contributed by atoms with Crippen LogP contribution in [0, 0.1) is 6.92 Å². The van der Waals surface area contributed by atoms with Gasteiger partial charge in [0.2, 0.25) is 0 Å². The topological polar surface area (TPSA) is 69.2 Å². The van der Waals surface area contributed by atoms with Crippen molar-refractivity contribution in [3.63, 3.8) is 0 Å². The zero-order valence-electron chi connectivity index (χ0n) is 8.78. The molecule has 0 aliphatic carbocycles. The van der Waals surface area contributed by atoms with Crippen molar-refractivity contribution in [2.24, 2.45) is 0 Å². The van der Waals surface area contributed by atoms with Crippen LogP contribution < -0.4 is 4.18 Å². The SMILES string of the molecule is Cc1ccnc(OS(=O)(=O)C(F)(F)F)n1.ClCCl. The molecule has 11 heteroatoms. The maximum Gasteiger partial charge on any atom is 0.534 e. The van der Waals surface area contributed by atoms with Gasteiger partial charge in [-0.25, -0.2) is 4.98 Å². The number of rotatable bonds is 2. The van der Waals surface area contributed by atoms with Crippen LogP contribution in [-0.2, 0) is 10.1 Å². The Hall–Kier alpha value is -0.800. The van der Waals surface area contributed by atoms with Crippen LogP contribution in [0.25, 0.3) is 0 Å². The largest absolute Gasteiger partial charge is 0.534 e. The Morgan fingerprint density at radius 2 is 1.89 bits per heavy atom. The molecule has 0 bridgehead atoms. The van der Waals surface area contributed by atoms with Gasteiger partial charge in [0.15, 0.2) is 0 Å². The predicted octanol–water partition coefficient (Wildman–Crippen LogP) is 2.43. The fourth-order valence-corrected chi connectivity index (χ4v) is 0.982. The van der Waals surface area contributed by atoms with E-state index in [0.29, 0.717) is 0 Å². The number of aromatic nitrogens is 2. The van der Waals surface area contributed by atoms with Crippen molar-refractivity contribution in [3.8, 4) is 6.01 Å². The molecule has 0 spiro atoms. The summed E-state index contributed by atoms with van der Waals surface area (Å²) in [5.74, 6) is 0. The van der Waals surface area contributed by atoms with Gasteiger partial charge in [0.1, 0.15) is 0 Å². The molecule has 18 heavy (non-hydrogen) atoms. The van der Waals surface area contributed by atoms with Crippen molar-refractivity contribution < 1.29 is 25.8 Å². The Morgan fingerprint density at radius 3 is 2.28 bits per heavy atom. The molecule has 0 amide bonds. The summed E-state index contributed by atoms with van der Waals surface area (Å²) in [6, 6.07) is 0.528. The number of hydrogen-bond acceptors (Lipinski definition) is 5. The average Bonchev–Trinajstić information content (AvgIpc) is 2.15. The lowest BCUT2D eigenvalue weighted by molar-refractivity contribution is -0.0502. The molecule has 0 saturated carbocycles. The minimum Gasteiger partial charge on any atom is -0.337 e. The van der Waals surface area contributed by atoms with Gasteiger partial charge in [-0.2, -0.15) is 26.6 Å². The number of nitrogens with zero attached hydrogens (tertiary/aromatic N) is 2. The average molecular weight is 327 g/mol. The lowest BCUT2D eigenvalue weighted by atomic mass is 10.5. The standard InChI is InChI=1S/C6H5F3N2O3S.CH2Cl2/c1-4-2-3-10-5(11-4)14-15(12,13)6(7,8)9;2-1-3/h2-3H,1H3;1H2. The minimum atomic E-state index is -5.69. The fraction of sp³-hybridized carbons (Fsp3) is 0.429. The van der Waals surface area contributed by atoms with Crippen LogP contribution in [0.5, 0.6) is 6.01 Å². The fourth-order valence-electron chi connectivity index (χ4n) is 0.611. The monoisotopic (exact) mass is 326 g/mol. The lowest BCUT2D eigenvalue weighted by Crippen LogP contribution is -2.28. The smallest absolute Gasteiger partial charge is 0.337 e. The van der Waals surface area contributed by atoms with Crippen LogP contribution in [0.2, 0.25) is 0 Å². The second kappa shape index (κ2) is 6.95. The molecule has 1 aromatic heterocycles. The van der Waals surface area contributed by atoms with Gasteiger partial charge in [-0.05, 0) is 13.0 Å². The van der Waals surface area contributed by atoms with E-state index in [9.17, 15) is 21.6 Å². The quantitative estimate of drug-likeness (QED) is 0.474. The highest BCUT2D eigenvalue weighted by atomic mass is 35.5. The first-order chi connectivity index (χ1) is 8.14. The normalized spacial score (nSPS) is 11.4. The maximum atomic E-state index is 11.9. The number of alkyl halides is 5. The molecule has 1 heterocycles. The molecule has 1 rings (SSSR count). The van der Waals surface area contributed by atoms with E-state index in [1.165, 1.54) is 13.0 Å². The van der Waals surface area contributed by atoms with Gasteiger partial charge in [0.25, 0.3) is 0 Å². The molecular formula is C7H7Cl2F3N2O3S. The van der Waals surface area contributed by atoms with Crippen LogP contribution >= 0.6 is 23.2 Å². The van der Waals surface area contributed by atoms with Gasteiger partial charge in [0.05, 0.1) is 5.34 Å². The molecule has 0 unspecified atom stereocenters. The third-order valence-electron chi connectivity index (χ3n) is 1.24. The molecule has 0 atom stereocenters. The Kier molecular flexibility index (Phi) is 6.64. The molecule has 0 saturated heterocycles. The highest BCUT2D eigenvalue weighted by Gasteiger charge is 2.49. The van der Waals surface area contributed by atoms with Crippen LogP contribution in [-0.4, -0.2) is 29.2 Å². The summed E-state index contributed by atoms with van der Waals surface area (Å²) in [7, 11) is -5.69. The van der Waals surface area contributed by atoms with E-state index in [0.717, 1.165) is 6.20 Å². The predicted molar refractivity (Wildman–Crippen MR) is 58.9 cm³/mol. The lowest BCUT2D eigenvalue weighted by Gasteiger charge is -2.07. The first-order valence-electron chi connectivity index (χ1n) is 4.06. The second-order valence-corrected chi connectivity index (χ2v) is 4.91. The molecule has 0 aliphatic heterocycles. The first-order valence-corrected chi connectivity index (χ1v) is 6.54. The van der Waals surface area contributed by atoms with Crippen molar-refractivity contribution in [1.29, 1.82) is 0 Å². The van der Waals surface area contributed by atoms with Crippen LogP contribution in [0.4, 0.5) is 13.2 Å². The molecule has 1 aromatic rings. The third-order valence-corrected chi connectivity index (χ3v) is 2.18. The van der Waals surface area contributed by atoms with Gasteiger partial charge < -0.3 is 4.18 Å². The summed E-state index contributed by atoms with van der Waals surface area (Å²) >= 11 is 9.53. The van der Waals surface area contributed by atoms with Crippen molar-refractivity contribution in [2.45, 2.75) is 12.4 Å². The second-order valence-electron chi connectivity index (χ2n) is 2.56. The molecule has 0 N–H and O–H groups in total. The molecule has 0 fully saturated rings. The number of halogens is 5. The highest BCUT2D eigenvalue weighted by molar-refractivity contribution is 7.87. The van der Waals surface area contributed by atoms with Crippen molar-refractivity contribution in [3.05, 3.63) is 18.0 Å². The Balaban J connectivity index is 0.000000873. The molecule has 104 valence electrons. The number of hydrogen-bond donors (Lipinski definition) is 0. The molecule has 0 aromatic carbocycles. The highest BCUT2D eigenvalue weighted by Crippen LogP contribution is 2.25. The van der Waals surface area contributed by atoms with Gasteiger partial charge in [-0.1, -0.05) is 0 Å². The summed E-state index contributed by atoms with van der Waals surface area (Å²) in [5.41, 5.74) is -5.20. The van der Waals surface area contributed by atoms with Crippen LogP contribution in [0.15, 0.2) is 12.3 Å². The van der Waals surface area contributed by atoms with Gasteiger partial charge in [0, 0.05) is 11.9 Å². The van der Waals surface area contributed by atoms with Gasteiger partial charge in [-0.3, -0.25) is 0 Å². The molecule has 0 aliphatic rings. The minimum absolute atomic E-state index is 0.194. The van der Waals surface area contributed by atoms with Gasteiger partial charge >= 0.3 is 21.6 Å². The van der Waals surface area contributed by atoms with Crippen LogP contribution in [0.1, 0.15) is 5.69 Å². The van der Waals surface area contributed by atoms with Crippen molar-refractivity contribution in [1.82, 2.24) is 9.97 Å². The number of aryl methyl sites for hydroxylation is 1.